The average molecular weight is 393 g/mol. The number of carbonyl (C=O) groups is 2. The first kappa shape index (κ1) is 20.6. The fraction of sp³-hybridized carbons (Fsp3) is 0.348. The highest BCUT2D eigenvalue weighted by molar-refractivity contribution is 6.01. The van der Waals surface area contributed by atoms with Gasteiger partial charge in [0.2, 0.25) is 5.91 Å². The summed E-state index contributed by atoms with van der Waals surface area (Å²) >= 11 is 0. The second-order valence-electron chi connectivity index (χ2n) is 7.13. The highest BCUT2D eigenvalue weighted by Crippen LogP contribution is 2.20. The van der Waals surface area contributed by atoms with E-state index in [1.54, 1.807) is 4.90 Å². The fourth-order valence-corrected chi connectivity index (χ4v) is 3.25. The van der Waals surface area contributed by atoms with Gasteiger partial charge in [0.15, 0.2) is 0 Å². The SMILES string of the molecule is C/C(=N/NC(=O)CN1CCCCCC1=O)c1ccccc1OCc1ccccc1. The van der Waals surface area contributed by atoms with Gasteiger partial charge in [0.1, 0.15) is 18.9 Å². The van der Waals surface area contributed by atoms with Crippen LogP contribution < -0.4 is 10.2 Å². The normalized spacial score (nSPS) is 15.0. The molecule has 0 radical (unpaired) electrons. The molecule has 1 aliphatic rings. The molecule has 29 heavy (non-hydrogen) atoms. The minimum Gasteiger partial charge on any atom is -0.488 e. The van der Waals surface area contributed by atoms with Crippen molar-refractivity contribution >= 4 is 17.5 Å². The van der Waals surface area contributed by atoms with Crippen LogP contribution in [0.5, 0.6) is 5.75 Å². The predicted molar refractivity (Wildman–Crippen MR) is 113 cm³/mol. The molecule has 0 atom stereocenters. The van der Waals surface area contributed by atoms with Crippen molar-refractivity contribution in [2.75, 3.05) is 13.1 Å². The van der Waals surface area contributed by atoms with Gasteiger partial charge in [-0.2, -0.15) is 5.10 Å². The summed E-state index contributed by atoms with van der Waals surface area (Å²) in [5, 5.41) is 4.22. The number of likely N-dealkylation sites (tertiary alicyclic amines) is 1. The van der Waals surface area contributed by atoms with Gasteiger partial charge in [-0.25, -0.2) is 5.43 Å². The Morgan fingerprint density at radius 1 is 1.07 bits per heavy atom. The first-order valence-corrected chi connectivity index (χ1v) is 10.0. The molecule has 1 N–H and O–H groups in total. The molecule has 1 aliphatic heterocycles. The minimum atomic E-state index is -0.290. The quantitative estimate of drug-likeness (QED) is 0.578. The summed E-state index contributed by atoms with van der Waals surface area (Å²) in [7, 11) is 0. The number of hydrogen-bond acceptors (Lipinski definition) is 4. The monoisotopic (exact) mass is 393 g/mol. The predicted octanol–water partition coefficient (Wildman–Crippen LogP) is 3.51. The number of carbonyl (C=O) groups excluding carboxylic acids is 2. The Kier molecular flexibility index (Phi) is 7.39. The molecule has 6 heteroatoms. The van der Waals surface area contributed by atoms with Crippen molar-refractivity contribution in [3.05, 3.63) is 65.7 Å². The molecule has 2 aromatic rings. The third-order valence-corrected chi connectivity index (χ3v) is 4.87. The molecule has 0 aliphatic carbocycles. The lowest BCUT2D eigenvalue weighted by Gasteiger charge is -2.19. The highest BCUT2D eigenvalue weighted by atomic mass is 16.5. The zero-order valence-electron chi connectivity index (χ0n) is 16.8. The van der Waals surface area contributed by atoms with E-state index in [4.69, 9.17) is 4.74 Å². The molecular weight excluding hydrogens is 366 g/mol. The van der Waals surface area contributed by atoms with Crippen molar-refractivity contribution in [1.82, 2.24) is 10.3 Å². The molecule has 0 spiro atoms. The van der Waals surface area contributed by atoms with Crippen molar-refractivity contribution in [3.63, 3.8) is 0 Å². The zero-order chi connectivity index (χ0) is 20.5. The lowest BCUT2D eigenvalue weighted by molar-refractivity contribution is -0.135. The molecule has 3 rings (SSSR count). The Bertz CT molecular complexity index is 865. The third kappa shape index (κ3) is 6.17. The van der Waals surface area contributed by atoms with E-state index in [-0.39, 0.29) is 18.4 Å². The number of ether oxygens (including phenoxy) is 1. The lowest BCUT2D eigenvalue weighted by Crippen LogP contribution is -2.39. The summed E-state index contributed by atoms with van der Waals surface area (Å²) in [4.78, 5) is 25.9. The van der Waals surface area contributed by atoms with Gasteiger partial charge in [0.25, 0.3) is 5.91 Å². The Labute approximate surface area is 171 Å². The van der Waals surface area contributed by atoms with Crippen LogP contribution in [0.25, 0.3) is 0 Å². The van der Waals surface area contributed by atoms with Crippen molar-refractivity contribution in [2.45, 2.75) is 39.2 Å². The van der Waals surface area contributed by atoms with Gasteiger partial charge in [-0.05, 0) is 37.5 Å². The average Bonchev–Trinajstić information content (AvgIpc) is 2.95. The third-order valence-electron chi connectivity index (χ3n) is 4.87. The summed E-state index contributed by atoms with van der Waals surface area (Å²) in [5.74, 6) is 0.454. The highest BCUT2D eigenvalue weighted by Gasteiger charge is 2.19. The zero-order valence-corrected chi connectivity index (χ0v) is 16.8. The molecule has 2 amide bonds. The van der Waals surface area contributed by atoms with Crippen LogP contribution in [0.2, 0.25) is 0 Å². The maximum atomic E-state index is 12.3. The maximum absolute atomic E-state index is 12.3. The number of nitrogens with zero attached hydrogens (tertiary/aromatic N) is 2. The molecule has 1 saturated heterocycles. The van der Waals surface area contributed by atoms with Gasteiger partial charge < -0.3 is 9.64 Å². The molecule has 1 heterocycles. The Hall–Kier alpha value is -3.15. The molecular formula is C23H27N3O3. The van der Waals surface area contributed by atoms with E-state index in [0.717, 1.165) is 30.4 Å². The van der Waals surface area contributed by atoms with Crippen molar-refractivity contribution in [3.8, 4) is 5.75 Å². The van der Waals surface area contributed by atoms with Gasteiger partial charge in [-0.3, -0.25) is 9.59 Å². The number of nitrogens with one attached hydrogen (secondary N) is 1. The fourth-order valence-electron chi connectivity index (χ4n) is 3.25. The Morgan fingerprint density at radius 3 is 2.66 bits per heavy atom. The molecule has 6 nitrogen and oxygen atoms in total. The van der Waals surface area contributed by atoms with Gasteiger partial charge >= 0.3 is 0 Å². The summed E-state index contributed by atoms with van der Waals surface area (Å²) < 4.78 is 5.95. The first-order chi connectivity index (χ1) is 14.1. The van der Waals surface area contributed by atoms with Gasteiger partial charge in [0.05, 0.1) is 5.71 Å². The number of amides is 2. The largest absolute Gasteiger partial charge is 0.488 e. The van der Waals surface area contributed by atoms with Crippen LogP contribution in [0.3, 0.4) is 0 Å². The lowest BCUT2D eigenvalue weighted by atomic mass is 10.1. The van der Waals surface area contributed by atoms with E-state index in [1.807, 2.05) is 61.5 Å². The minimum absolute atomic E-state index is 0.0398. The van der Waals surface area contributed by atoms with Crippen molar-refractivity contribution in [2.24, 2.45) is 5.10 Å². The number of para-hydroxylation sites is 1. The van der Waals surface area contributed by atoms with E-state index in [2.05, 4.69) is 10.5 Å². The summed E-state index contributed by atoms with van der Waals surface area (Å²) in [6, 6.07) is 17.5. The summed E-state index contributed by atoms with van der Waals surface area (Å²) in [6.45, 7) is 2.95. The molecule has 0 aromatic heterocycles. The van der Waals surface area contributed by atoms with Crippen molar-refractivity contribution in [1.29, 1.82) is 0 Å². The van der Waals surface area contributed by atoms with Crippen LogP contribution in [-0.2, 0) is 16.2 Å². The van der Waals surface area contributed by atoms with Gasteiger partial charge in [-0.15, -0.1) is 0 Å². The summed E-state index contributed by atoms with van der Waals surface area (Å²) in [5.41, 5.74) is 5.10. The number of benzene rings is 2. The van der Waals surface area contributed by atoms with Crippen LogP contribution >= 0.6 is 0 Å². The first-order valence-electron chi connectivity index (χ1n) is 10.0. The summed E-state index contributed by atoms with van der Waals surface area (Å²) in [6.07, 6.45) is 3.38. The number of rotatable bonds is 7. The Morgan fingerprint density at radius 2 is 1.83 bits per heavy atom. The second-order valence-corrected chi connectivity index (χ2v) is 7.13. The molecule has 0 bridgehead atoms. The maximum Gasteiger partial charge on any atom is 0.259 e. The van der Waals surface area contributed by atoms with Crippen LogP contribution in [-0.4, -0.2) is 35.5 Å². The Balaban J connectivity index is 1.60. The van der Waals surface area contributed by atoms with Gasteiger partial charge in [0, 0.05) is 18.5 Å². The smallest absolute Gasteiger partial charge is 0.259 e. The molecule has 2 aromatic carbocycles. The number of hydrogen-bond donors (Lipinski definition) is 1. The number of hydrazone groups is 1. The van der Waals surface area contributed by atoms with E-state index < -0.39 is 0 Å². The standard InChI is InChI=1S/C23H27N3O3/c1-18(24-25-22(27)16-26-15-9-3-6-14-23(26)28)20-12-7-8-13-21(20)29-17-19-10-4-2-5-11-19/h2,4-5,7-8,10-13H,3,6,9,14-17H2,1H3,(H,25,27)/b24-18-. The van der Waals surface area contributed by atoms with E-state index in [1.165, 1.54) is 0 Å². The van der Waals surface area contributed by atoms with Crippen LogP contribution in [0, 0.1) is 0 Å². The van der Waals surface area contributed by atoms with E-state index >= 15 is 0 Å². The molecule has 152 valence electrons. The molecule has 0 saturated carbocycles. The van der Waals surface area contributed by atoms with E-state index in [0.29, 0.717) is 31.0 Å². The second kappa shape index (κ2) is 10.4. The van der Waals surface area contributed by atoms with Gasteiger partial charge in [-0.1, -0.05) is 48.9 Å². The van der Waals surface area contributed by atoms with Crippen molar-refractivity contribution < 1.29 is 14.3 Å². The topological polar surface area (TPSA) is 71.0 Å². The van der Waals surface area contributed by atoms with Crippen LogP contribution in [0.1, 0.15) is 43.7 Å². The molecule has 0 unspecified atom stereocenters. The van der Waals surface area contributed by atoms with Crippen LogP contribution in [0.15, 0.2) is 59.7 Å². The van der Waals surface area contributed by atoms with E-state index in [9.17, 15) is 9.59 Å². The van der Waals surface area contributed by atoms with Crippen LogP contribution in [0.4, 0.5) is 0 Å². The molecule has 1 fully saturated rings.